The zero-order chi connectivity index (χ0) is 20.4. The lowest BCUT2D eigenvalue weighted by Gasteiger charge is -2.12. The van der Waals surface area contributed by atoms with E-state index < -0.39 is 5.63 Å². The molecule has 0 aliphatic rings. The second-order valence-electron chi connectivity index (χ2n) is 6.69. The summed E-state index contributed by atoms with van der Waals surface area (Å²) in [6.07, 6.45) is 0. The third-order valence-corrected chi connectivity index (χ3v) is 4.50. The Kier molecular flexibility index (Phi) is 5.40. The molecule has 0 aliphatic carbocycles. The summed E-state index contributed by atoms with van der Waals surface area (Å²) in [4.78, 5) is 24.5. The Balaban J connectivity index is 2.16. The minimum absolute atomic E-state index is 0.243. The predicted molar refractivity (Wildman–Crippen MR) is 106 cm³/mol. The first kappa shape index (κ1) is 19.5. The van der Waals surface area contributed by atoms with Crippen molar-refractivity contribution in [3.63, 3.8) is 0 Å². The molecule has 0 amide bonds. The van der Waals surface area contributed by atoms with E-state index in [0.717, 1.165) is 5.56 Å². The maximum Gasteiger partial charge on any atom is 0.344 e. The topological polar surface area (TPSA) is 75.0 Å². The van der Waals surface area contributed by atoms with Crippen molar-refractivity contribution >= 4 is 16.9 Å². The highest BCUT2D eigenvalue weighted by Gasteiger charge is 2.17. The van der Waals surface area contributed by atoms with Crippen molar-refractivity contribution in [1.29, 1.82) is 0 Å². The van der Waals surface area contributed by atoms with Crippen LogP contribution in [-0.2, 0) is 4.79 Å². The number of carbonyl (C=O) groups is 1. The van der Waals surface area contributed by atoms with E-state index in [1.807, 2.05) is 6.92 Å². The molecule has 0 N–H and O–H groups in total. The molecule has 1 aromatic heterocycles. The molecule has 3 aromatic rings. The molecular formula is C22H22O6. The Bertz CT molecular complexity index is 1090. The van der Waals surface area contributed by atoms with Crippen LogP contribution in [0.15, 0.2) is 45.6 Å². The molecular weight excluding hydrogens is 360 g/mol. The molecule has 0 saturated carbocycles. The van der Waals surface area contributed by atoms with Gasteiger partial charge in [-0.2, -0.15) is 0 Å². The van der Waals surface area contributed by atoms with Crippen LogP contribution >= 0.6 is 0 Å². The molecule has 0 atom stereocenters. The monoisotopic (exact) mass is 382 g/mol. The molecule has 0 unspecified atom stereocenters. The fourth-order valence-corrected chi connectivity index (χ4v) is 2.95. The highest BCUT2D eigenvalue weighted by molar-refractivity contribution is 5.88. The van der Waals surface area contributed by atoms with Crippen molar-refractivity contribution in [1.82, 2.24) is 0 Å². The van der Waals surface area contributed by atoms with Crippen LogP contribution in [0.2, 0.25) is 0 Å². The van der Waals surface area contributed by atoms with Crippen LogP contribution in [0.5, 0.6) is 17.2 Å². The van der Waals surface area contributed by atoms with Crippen molar-refractivity contribution in [3.05, 3.63) is 52.4 Å². The van der Waals surface area contributed by atoms with Crippen molar-refractivity contribution in [2.75, 3.05) is 14.2 Å². The largest absolute Gasteiger partial charge is 0.493 e. The first-order chi connectivity index (χ1) is 13.3. The molecule has 0 radical (unpaired) electrons. The minimum atomic E-state index is -0.454. The fourth-order valence-electron chi connectivity index (χ4n) is 2.95. The second-order valence-corrected chi connectivity index (χ2v) is 6.69. The van der Waals surface area contributed by atoms with Gasteiger partial charge in [-0.15, -0.1) is 0 Å². The highest BCUT2D eigenvalue weighted by Crippen LogP contribution is 2.34. The number of aryl methyl sites for hydroxylation is 1. The van der Waals surface area contributed by atoms with Gasteiger partial charge in [0.1, 0.15) is 11.3 Å². The molecule has 28 heavy (non-hydrogen) atoms. The SMILES string of the molecule is COc1ccc(-c2c(C)c3cc(OC(=O)C(C)C)ccc3oc2=O)cc1OC. The summed E-state index contributed by atoms with van der Waals surface area (Å²) in [5.74, 6) is 0.916. The molecule has 6 heteroatoms. The minimum Gasteiger partial charge on any atom is -0.493 e. The van der Waals surface area contributed by atoms with Gasteiger partial charge < -0.3 is 18.6 Å². The van der Waals surface area contributed by atoms with Gasteiger partial charge in [-0.25, -0.2) is 4.79 Å². The number of benzene rings is 2. The summed E-state index contributed by atoms with van der Waals surface area (Å²) in [6.45, 7) is 5.37. The fraction of sp³-hybridized carbons (Fsp3) is 0.273. The van der Waals surface area contributed by atoms with Crippen LogP contribution in [0.1, 0.15) is 19.4 Å². The molecule has 2 aromatic carbocycles. The lowest BCUT2D eigenvalue weighted by Crippen LogP contribution is -2.14. The Morgan fingerprint density at radius 1 is 1.00 bits per heavy atom. The highest BCUT2D eigenvalue weighted by atomic mass is 16.5. The number of methoxy groups -OCH3 is 2. The summed E-state index contributed by atoms with van der Waals surface area (Å²) in [6, 6.07) is 10.2. The molecule has 0 spiro atoms. The average Bonchev–Trinajstić information content (AvgIpc) is 2.68. The number of hydrogen-bond acceptors (Lipinski definition) is 6. The molecule has 3 rings (SSSR count). The lowest BCUT2D eigenvalue weighted by molar-refractivity contribution is -0.137. The molecule has 0 saturated heterocycles. The van der Waals surface area contributed by atoms with Crippen LogP contribution in [0.4, 0.5) is 0 Å². The first-order valence-electron chi connectivity index (χ1n) is 8.87. The van der Waals surface area contributed by atoms with Gasteiger partial charge in [0.25, 0.3) is 0 Å². The molecule has 146 valence electrons. The normalized spacial score (nSPS) is 10.9. The van der Waals surface area contributed by atoms with Crippen molar-refractivity contribution in [2.45, 2.75) is 20.8 Å². The van der Waals surface area contributed by atoms with Gasteiger partial charge in [-0.3, -0.25) is 4.79 Å². The molecule has 1 heterocycles. The van der Waals surface area contributed by atoms with Crippen molar-refractivity contribution in [2.24, 2.45) is 5.92 Å². The van der Waals surface area contributed by atoms with Gasteiger partial charge in [-0.1, -0.05) is 19.9 Å². The molecule has 6 nitrogen and oxygen atoms in total. The van der Waals surface area contributed by atoms with E-state index in [1.54, 1.807) is 57.4 Å². The predicted octanol–water partition coefficient (Wildman–Crippen LogP) is 4.35. The van der Waals surface area contributed by atoms with E-state index in [0.29, 0.717) is 39.3 Å². The molecule has 0 fully saturated rings. The summed E-state index contributed by atoms with van der Waals surface area (Å²) < 4.78 is 21.5. The van der Waals surface area contributed by atoms with E-state index in [-0.39, 0.29) is 11.9 Å². The van der Waals surface area contributed by atoms with Gasteiger partial charge in [-0.05, 0) is 48.4 Å². The maximum absolute atomic E-state index is 12.6. The van der Waals surface area contributed by atoms with Crippen LogP contribution in [0, 0.1) is 12.8 Å². The van der Waals surface area contributed by atoms with Crippen molar-refractivity contribution in [3.8, 4) is 28.4 Å². The van der Waals surface area contributed by atoms with Crippen LogP contribution in [-0.4, -0.2) is 20.2 Å². The first-order valence-corrected chi connectivity index (χ1v) is 8.87. The number of hydrogen-bond donors (Lipinski definition) is 0. The Morgan fingerprint density at radius 3 is 2.36 bits per heavy atom. The van der Waals surface area contributed by atoms with Gasteiger partial charge >= 0.3 is 11.6 Å². The van der Waals surface area contributed by atoms with E-state index in [9.17, 15) is 9.59 Å². The third kappa shape index (κ3) is 3.58. The van der Waals surface area contributed by atoms with E-state index in [2.05, 4.69) is 0 Å². The van der Waals surface area contributed by atoms with Gasteiger partial charge in [0, 0.05) is 5.39 Å². The summed E-state index contributed by atoms with van der Waals surface area (Å²) in [5, 5.41) is 0.693. The lowest BCUT2D eigenvalue weighted by atomic mass is 9.99. The van der Waals surface area contributed by atoms with E-state index >= 15 is 0 Å². The van der Waals surface area contributed by atoms with Crippen LogP contribution in [0.3, 0.4) is 0 Å². The number of rotatable bonds is 5. The zero-order valence-corrected chi connectivity index (χ0v) is 16.5. The zero-order valence-electron chi connectivity index (χ0n) is 16.5. The summed E-state index contributed by atoms with van der Waals surface area (Å²) >= 11 is 0. The second kappa shape index (κ2) is 7.76. The number of esters is 1. The standard InChI is InChI=1S/C22H22O6/c1-12(2)21(23)27-15-7-9-17-16(11-15)13(3)20(22(24)28-17)14-6-8-18(25-4)19(10-14)26-5/h6-12H,1-5H3. The van der Waals surface area contributed by atoms with E-state index in [1.165, 1.54) is 7.11 Å². The third-order valence-electron chi connectivity index (χ3n) is 4.50. The van der Waals surface area contributed by atoms with E-state index in [4.69, 9.17) is 18.6 Å². The average molecular weight is 382 g/mol. The summed E-state index contributed by atoms with van der Waals surface area (Å²) in [7, 11) is 3.08. The van der Waals surface area contributed by atoms with Crippen molar-refractivity contribution < 1.29 is 23.4 Å². The smallest absolute Gasteiger partial charge is 0.344 e. The van der Waals surface area contributed by atoms with Gasteiger partial charge in [0.05, 0.1) is 25.7 Å². The van der Waals surface area contributed by atoms with Crippen LogP contribution in [0.25, 0.3) is 22.1 Å². The molecule has 0 aliphatic heterocycles. The Morgan fingerprint density at radius 2 is 1.71 bits per heavy atom. The number of ether oxygens (including phenoxy) is 3. The summed E-state index contributed by atoms with van der Waals surface area (Å²) in [5.41, 5.74) is 1.76. The maximum atomic E-state index is 12.6. The Labute approximate surface area is 162 Å². The number of fused-ring (bicyclic) bond motifs is 1. The molecule has 0 bridgehead atoms. The van der Waals surface area contributed by atoms with Crippen LogP contribution < -0.4 is 19.8 Å². The Hall–Kier alpha value is -3.28. The quantitative estimate of drug-likeness (QED) is 0.371. The van der Waals surface area contributed by atoms with Gasteiger partial charge in [0.2, 0.25) is 0 Å². The number of carbonyl (C=O) groups excluding carboxylic acids is 1. The van der Waals surface area contributed by atoms with Gasteiger partial charge in [0.15, 0.2) is 11.5 Å².